The van der Waals surface area contributed by atoms with Gasteiger partial charge in [-0.1, -0.05) is 18.2 Å². The molecule has 2 atom stereocenters. The van der Waals surface area contributed by atoms with E-state index in [1.165, 1.54) is 30.4 Å². The monoisotopic (exact) mass is 383 g/mol. The molecule has 2 unspecified atom stereocenters. The van der Waals surface area contributed by atoms with E-state index < -0.39 is 0 Å². The van der Waals surface area contributed by atoms with Crippen LogP contribution in [0.25, 0.3) is 0 Å². The normalized spacial score (nSPS) is 24.6. The topological polar surface area (TPSA) is 61.4 Å². The lowest BCUT2D eigenvalue weighted by Crippen LogP contribution is -2.47. The molecule has 152 valence electrons. The number of fused-ring (bicyclic) bond motifs is 1. The molecular weight excluding hydrogens is 350 g/mol. The van der Waals surface area contributed by atoms with E-state index in [9.17, 15) is 9.59 Å². The number of hydrogen-bond donors (Lipinski definition) is 2. The maximum absolute atomic E-state index is 12.9. The fraction of sp³-hybridized carbons (Fsp3) is 0.652. The molecule has 4 rings (SSSR count). The van der Waals surface area contributed by atoms with Crippen molar-refractivity contribution >= 4 is 11.8 Å². The predicted molar refractivity (Wildman–Crippen MR) is 110 cm³/mol. The molecule has 2 heterocycles. The summed E-state index contributed by atoms with van der Waals surface area (Å²) in [6.45, 7) is 3.23. The van der Waals surface area contributed by atoms with Gasteiger partial charge in [0.2, 0.25) is 11.8 Å². The van der Waals surface area contributed by atoms with Gasteiger partial charge in [-0.15, -0.1) is 0 Å². The summed E-state index contributed by atoms with van der Waals surface area (Å²) < 4.78 is 0. The molecule has 0 bridgehead atoms. The van der Waals surface area contributed by atoms with Gasteiger partial charge in [0.25, 0.3) is 0 Å². The Labute approximate surface area is 168 Å². The maximum atomic E-state index is 12.9. The van der Waals surface area contributed by atoms with Crippen LogP contribution in [0, 0.1) is 5.92 Å². The van der Waals surface area contributed by atoms with Crippen LogP contribution in [-0.4, -0.2) is 48.9 Å². The summed E-state index contributed by atoms with van der Waals surface area (Å²) in [6.07, 6.45) is 9.50. The predicted octanol–water partition coefficient (Wildman–Crippen LogP) is 2.21. The lowest BCUT2D eigenvalue weighted by molar-refractivity contribution is -0.132. The van der Waals surface area contributed by atoms with Crippen LogP contribution in [0.15, 0.2) is 18.2 Å². The number of likely N-dealkylation sites (tertiary alicyclic amines) is 1. The van der Waals surface area contributed by atoms with E-state index in [2.05, 4.69) is 28.8 Å². The van der Waals surface area contributed by atoms with Gasteiger partial charge in [0, 0.05) is 19.6 Å². The van der Waals surface area contributed by atoms with Crippen LogP contribution in [0.4, 0.5) is 0 Å². The zero-order valence-electron chi connectivity index (χ0n) is 16.8. The number of amides is 2. The van der Waals surface area contributed by atoms with E-state index >= 15 is 0 Å². The molecule has 3 aliphatic rings. The highest BCUT2D eigenvalue weighted by Crippen LogP contribution is 2.23. The zero-order chi connectivity index (χ0) is 19.3. The van der Waals surface area contributed by atoms with Crippen LogP contribution < -0.4 is 10.6 Å². The zero-order valence-corrected chi connectivity index (χ0v) is 16.8. The van der Waals surface area contributed by atoms with Crippen molar-refractivity contribution < 1.29 is 9.59 Å². The summed E-state index contributed by atoms with van der Waals surface area (Å²) in [5.74, 6) is 0.714. The molecule has 2 amide bonds. The second-order valence-electron chi connectivity index (χ2n) is 8.73. The number of benzene rings is 1. The Morgan fingerprint density at radius 1 is 1.07 bits per heavy atom. The minimum Gasteiger partial charge on any atom is -0.354 e. The van der Waals surface area contributed by atoms with Crippen molar-refractivity contribution in [2.24, 2.45) is 5.92 Å². The molecule has 0 radical (unpaired) electrons. The Bertz CT molecular complexity index is 712. The molecule has 2 saturated heterocycles. The van der Waals surface area contributed by atoms with Crippen LogP contribution in [0.2, 0.25) is 0 Å². The first-order valence-corrected chi connectivity index (χ1v) is 11.1. The quantitative estimate of drug-likeness (QED) is 0.820. The Morgan fingerprint density at radius 2 is 1.93 bits per heavy atom. The summed E-state index contributed by atoms with van der Waals surface area (Å²) in [5.41, 5.74) is 4.05. The van der Waals surface area contributed by atoms with Gasteiger partial charge in [-0.25, -0.2) is 0 Å². The molecule has 2 aliphatic heterocycles. The van der Waals surface area contributed by atoms with Crippen LogP contribution in [0.3, 0.4) is 0 Å². The summed E-state index contributed by atoms with van der Waals surface area (Å²) >= 11 is 0. The van der Waals surface area contributed by atoms with Gasteiger partial charge in [0.15, 0.2) is 0 Å². The Morgan fingerprint density at radius 3 is 2.75 bits per heavy atom. The van der Waals surface area contributed by atoms with E-state index in [0.717, 1.165) is 57.3 Å². The fourth-order valence-corrected chi connectivity index (χ4v) is 4.92. The Kier molecular flexibility index (Phi) is 6.30. The number of carbonyl (C=O) groups is 2. The molecule has 2 fully saturated rings. The Hall–Kier alpha value is -1.88. The van der Waals surface area contributed by atoms with Gasteiger partial charge in [-0.2, -0.15) is 0 Å². The first kappa shape index (κ1) is 19.4. The molecule has 28 heavy (non-hydrogen) atoms. The summed E-state index contributed by atoms with van der Waals surface area (Å²) in [7, 11) is 0. The average Bonchev–Trinajstić information content (AvgIpc) is 3.27. The lowest BCUT2D eigenvalue weighted by Gasteiger charge is -2.33. The van der Waals surface area contributed by atoms with Crippen molar-refractivity contribution in [3.8, 4) is 0 Å². The maximum Gasteiger partial charge on any atom is 0.237 e. The molecule has 1 aromatic rings. The van der Waals surface area contributed by atoms with Crippen LogP contribution in [-0.2, 0) is 28.9 Å². The minimum absolute atomic E-state index is 0.0228. The Balaban J connectivity index is 1.27. The fourth-order valence-electron chi connectivity index (χ4n) is 4.92. The number of aryl methyl sites for hydroxylation is 2. The third-order valence-electron chi connectivity index (χ3n) is 6.58. The number of nitrogens with zero attached hydrogens (tertiary/aromatic N) is 1. The van der Waals surface area contributed by atoms with Crippen LogP contribution in [0.1, 0.15) is 55.2 Å². The lowest BCUT2D eigenvalue weighted by atomic mass is 9.90. The highest BCUT2D eigenvalue weighted by molar-refractivity contribution is 5.82. The molecule has 5 heteroatoms. The first-order valence-electron chi connectivity index (χ1n) is 11.1. The number of hydrogen-bond acceptors (Lipinski definition) is 3. The first-order chi connectivity index (χ1) is 13.7. The molecular formula is C23H33N3O2. The molecule has 1 aromatic carbocycles. The van der Waals surface area contributed by atoms with Gasteiger partial charge in [0.05, 0.1) is 12.5 Å². The van der Waals surface area contributed by atoms with Crippen molar-refractivity contribution in [1.82, 2.24) is 15.5 Å². The van der Waals surface area contributed by atoms with Gasteiger partial charge in [-0.3, -0.25) is 9.59 Å². The standard InChI is InChI=1S/C23H33N3O2/c27-22(14-17-9-10-19-6-1-2-7-20(19)13-17)26-12-4-5-18(16-26)15-25-23(28)21-8-3-11-24-21/h9-10,13,18,21,24H,1-8,11-12,14-16H2,(H,25,28). The molecule has 2 N–H and O–H groups in total. The molecule has 0 aromatic heterocycles. The van der Waals surface area contributed by atoms with Gasteiger partial charge in [-0.05, 0) is 80.5 Å². The summed E-state index contributed by atoms with van der Waals surface area (Å²) in [5, 5.41) is 6.34. The van der Waals surface area contributed by atoms with Crippen LogP contribution in [0.5, 0.6) is 0 Å². The number of nitrogens with one attached hydrogen (secondary N) is 2. The minimum atomic E-state index is -0.0228. The average molecular weight is 384 g/mol. The summed E-state index contributed by atoms with van der Waals surface area (Å²) in [4.78, 5) is 27.1. The van der Waals surface area contributed by atoms with E-state index in [4.69, 9.17) is 0 Å². The van der Waals surface area contributed by atoms with Gasteiger partial charge < -0.3 is 15.5 Å². The van der Waals surface area contributed by atoms with Crippen molar-refractivity contribution in [2.45, 2.75) is 63.8 Å². The van der Waals surface area contributed by atoms with Gasteiger partial charge >= 0.3 is 0 Å². The van der Waals surface area contributed by atoms with Gasteiger partial charge in [0.1, 0.15) is 0 Å². The largest absolute Gasteiger partial charge is 0.354 e. The van der Waals surface area contributed by atoms with E-state index in [1.54, 1.807) is 0 Å². The SMILES string of the molecule is O=C(NCC1CCCN(C(=O)Cc2ccc3c(c2)CCCC3)C1)C1CCCN1. The smallest absolute Gasteiger partial charge is 0.237 e. The third kappa shape index (κ3) is 4.75. The van der Waals surface area contributed by atoms with E-state index in [0.29, 0.717) is 18.9 Å². The molecule has 0 saturated carbocycles. The highest BCUT2D eigenvalue weighted by Gasteiger charge is 2.26. The molecule has 1 aliphatic carbocycles. The third-order valence-corrected chi connectivity index (χ3v) is 6.58. The van der Waals surface area contributed by atoms with E-state index in [1.807, 2.05) is 4.90 Å². The van der Waals surface area contributed by atoms with Crippen molar-refractivity contribution in [3.05, 3.63) is 34.9 Å². The number of rotatable bonds is 5. The highest BCUT2D eigenvalue weighted by atomic mass is 16.2. The van der Waals surface area contributed by atoms with E-state index in [-0.39, 0.29) is 17.9 Å². The molecule has 0 spiro atoms. The number of carbonyl (C=O) groups excluding carboxylic acids is 2. The van der Waals surface area contributed by atoms with Crippen molar-refractivity contribution in [1.29, 1.82) is 0 Å². The summed E-state index contributed by atoms with van der Waals surface area (Å²) in [6, 6.07) is 6.59. The van der Waals surface area contributed by atoms with Crippen LogP contribution >= 0.6 is 0 Å². The second-order valence-corrected chi connectivity index (χ2v) is 8.73. The molecule has 5 nitrogen and oxygen atoms in total. The second kappa shape index (κ2) is 9.08. The van der Waals surface area contributed by atoms with Crippen molar-refractivity contribution in [2.75, 3.05) is 26.2 Å². The van der Waals surface area contributed by atoms with Crippen molar-refractivity contribution in [3.63, 3.8) is 0 Å². The number of piperidine rings is 1.